The zero-order valence-electron chi connectivity index (χ0n) is 15.0. The molecule has 3 unspecified atom stereocenters. The number of rotatable bonds is 6. The molecule has 3 atom stereocenters. The molecule has 1 saturated carbocycles. The van der Waals surface area contributed by atoms with Crippen molar-refractivity contribution in [2.75, 3.05) is 39.8 Å². The predicted octanol–water partition coefficient (Wildman–Crippen LogP) is 2.61. The maximum Gasteiger partial charge on any atom is 0.314 e. The van der Waals surface area contributed by atoms with E-state index in [1.54, 1.807) is 0 Å². The molecule has 134 valence electrons. The van der Waals surface area contributed by atoms with Crippen molar-refractivity contribution in [2.24, 2.45) is 11.8 Å². The summed E-state index contributed by atoms with van der Waals surface area (Å²) < 4.78 is 5.92. The number of likely N-dealkylation sites (tertiary alicyclic amines) is 1. The number of hydrogen-bond donors (Lipinski definition) is 2. The van der Waals surface area contributed by atoms with Crippen molar-refractivity contribution >= 4 is 6.03 Å². The first kappa shape index (κ1) is 18.5. The van der Waals surface area contributed by atoms with Crippen LogP contribution in [0.2, 0.25) is 0 Å². The summed E-state index contributed by atoms with van der Waals surface area (Å²) in [7, 11) is 2.17. The van der Waals surface area contributed by atoms with Gasteiger partial charge >= 0.3 is 6.03 Å². The van der Waals surface area contributed by atoms with E-state index in [-0.39, 0.29) is 6.03 Å². The highest BCUT2D eigenvalue weighted by Gasteiger charge is 2.21. The minimum absolute atomic E-state index is 0.0582. The van der Waals surface area contributed by atoms with Crippen molar-refractivity contribution < 1.29 is 9.53 Å². The van der Waals surface area contributed by atoms with E-state index in [0.717, 1.165) is 13.1 Å². The molecule has 1 heterocycles. The SMILES string of the molecule is CC1CCCCC1OCCNC(=O)NCC1CCCCN(C)C1. The molecule has 0 aromatic heterocycles. The smallest absolute Gasteiger partial charge is 0.314 e. The van der Waals surface area contributed by atoms with E-state index in [0.29, 0.717) is 31.1 Å². The fourth-order valence-electron chi connectivity index (χ4n) is 3.81. The number of carbonyl (C=O) groups excluding carboxylic acids is 1. The fourth-order valence-corrected chi connectivity index (χ4v) is 3.81. The Hall–Kier alpha value is -0.810. The van der Waals surface area contributed by atoms with Crippen LogP contribution in [0.1, 0.15) is 51.9 Å². The molecule has 5 heteroatoms. The van der Waals surface area contributed by atoms with E-state index in [2.05, 4.69) is 29.5 Å². The number of hydrogen-bond acceptors (Lipinski definition) is 3. The maximum atomic E-state index is 11.9. The van der Waals surface area contributed by atoms with E-state index in [1.807, 2.05) is 0 Å². The number of urea groups is 1. The van der Waals surface area contributed by atoms with Gasteiger partial charge in [0.1, 0.15) is 0 Å². The first-order valence-electron chi connectivity index (χ1n) is 9.47. The molecule has 0 radical (unpaired) electrons. The van der Waals surface area contributed by atoms with E-state index in [4.69, 9.17) is 4.74 Å². The minimum atomic E-state index is -0.0582. The van der Waals surface area contributed by atoms with Crippen molar-refractivity contribution in [3.8, 4) is 0 Å². The van der Waals surface area contributed by atoms with Crippen LogP contribution >= 0.6 is 0 Å². The Bertz CT molecular complexity index is 351. The second-order valence-electron chi connectivity index (χ2n) is 7.43. The average Bonchev–Trinajstić information content (AvgIpc) is 2.75. The molecular weight excluding hydrogens is 290 g/mol. The molecule has 5 nitrogen and oxygen atoms in total. The van der Waals surface area contributed by atoms with Gasteiger partial charge in [-0.3, -0.25) is 0 Å². The van der Waals surface area contributed by atoms with Gasteiger partial charge in [-0.2, -0.15) is 0 Å². The van der Waals surface area contributed by atoms with Crippen LogP contribution in [0.5, 0.6) is 0 Å². The first-order chi connectivity index (χ1) is 11.1. The summed E-state index contributed by atoms with van der Waals surface area (Å²) in [6.07, 6.45) is 9.19. The third-order valence-electron chi connectivity index (χ3n) is 5.28. The normalized spacial score (nSPS) is 29.7. The molecule has 1 aliphatic carbocycles. The van der Waals surface area contributed by atoms with Crippen LogP contribution in [0, 0.1) is 11.8 Å². The van der Waals surface area contributed by atoms with E-state index < -0.39 is 0 Å². The molecule has 2 aliphatic rings. The molecule has 2 fully saturated rings. The topological polar surface area (TPSA) is 53.6 Å². The highest BCUT2D eigenvalue weighted by Crippen LogP contribution is 2.25. The Balaban J connectivity index is 1.52. The Kier molecular flexibility index (Phi) is 8.17. The quantitative estimate of drug-likeness (QED) is 0.738. The Morgan fingerprint density at radius 1 is 1.13 bits per heavy atom. The lowest BCUT2D eigenvalue weighted by atomic mass is 9.88. The van der Waals surface area contributed by atoms with Gasteiger partial charge in [-0.25, -0.2) is 4.79 Å². The number of amides is 2. The summed E-state index contributed by atoms with van der Waals surface area (Å²) in [6.45, 7) is 6.53. The zero-order valence-corrected chi connectivity index (χ0v) is 15.0. The Morgan fingerprint density at radius 2 is 1.91 bits per heavy atom. The van der Waals surface area contributed by atoms with Crippen LogP contribution < -0.4 is 10.6 Å². The van der Waals surface area contributed by atoms with Crippen LogP contribution in [0.15, 0.2) is 0 Å². The second kappa shape index (κ2) is 10.1. The summed E-state index contributed by atoms with van der Waals surface area (Å²) in [6, 6.07) is -0.0582. The summed E-state index contributed by atoms with van der Waals surface area (Å²) in [5, 5.41) is 5.93. The molecule has 0 bridgehead atoms. The molecule has 0 spiro atoms. The summed E-state index contributed by atoms with van der Waals surface area (Å²) in [5.41, 5.74) is 0. The van der Waals surface area contributed by atoms with Crippen molar-refractivity contribution in [1.29, 1.82) is 0 Å². The monoisotopic (exact) mass is 325 g/mol. The van der Waals surface area contributed by atoms with Crippen LogP contribution in [0.3, 0.4) is 0 Å². The third-order valence-corrected chi connectivity index (χ3v) is 5.28. The summed E-state index contributed by atoms with van der Waals surface area (Å²) in [4.78, 5) is 14.2. The van der Waals surface area contributed by atoms with Gasteiger partial charge in [-0.15, -0.1) is 0 Å². The van der Waals surface area contributed by atoms with Gasteiger partial charge in [-0.1, -0.05) is 26.2 Å². The van der Waals surface area contributed by atoms with E-state index >= 15 is 0 Å². The Labute approximate surface area is 141 Å². The van der Waals surface area contributed by atoms with Gasteiger partial charge in [-0.05, 0) is 51.1 Å². The number of nitrogens with one attached hydrogen (secondary N) is 2. The number of ether oxygens (including phenoxy) is 1. The zero-order chi connectivity index (χ0) is 16.5. The number of nitrogens with zero attached hydrogens (tertiary/aromatic N) is 1. The van der Waals surface area contributed by atoms with Crippen LogP contribution in [-0.2, 0) is 4.74 Å². The molecule has 23 heavy (non-hydrogen) atoms. The highest BCUT2D eigenvalue weighted by atomic mass is 16.5. The molecule has 1 saturated heterocycles. The second-order valence-corrected chi connectivity index (χ2v) is 7.43. The number of carbonyl (C=O) groups is 1. The third kappa shape index (κ3) is 7.08. The van der Waals surface area contributed by atoms with Gasteiger partial charge in [0.15, 0.2) is 0 Å². The van der Waals surface area contributed by atoms with Crippen molar-refractivity contribution in [3.05, 3.63) is 0 Å². The van der Waals surface area contributed by atoms with Crippen LogP contribution in [0.25, 0.3) is 0 Å². The molecule has 2 amide bonds. The van der Waals surface area contributed by atoms with Crippen molar-refractivity contribution in [2.45, 2.75) is 58.0 Å². The molecule has 2 N–H and O–H groups in total. The van der Waals surface area contributed by atoms with E-state index in [1.165, 1.54) is 51.5 Å². The molecule has 2 rings (SSSR count). The first-order valence-corrected chi connectivity index (χ1v) is 9.47. The maximum absolute atomic E-state index is 11.9. The molecule has 0 aromatic carbocycles. The fraction of sp³-hybridized carbons (Fsp3) is 0.944. The minimum Gasteiger partial charge on any atom is -0.376 e. The highest BCUT2D eigenvalue weighted by molar-refractivity contribution is 5.73. The lowest BCUT2D eigenvalue weighted by Crippen LogP contribution is -2.41. The van der Waals surface area contributed by atoms with Gasteiger partial charge in [0.2, 0.25) is 0 Å². The molecule has 1 aliphatic heterocycles. The summed E-state index contributed by atoms with van der Waals surface area (Å²) in [5.74, 6) is 1.23. The average molecular weight is 325 g/mol. The standard InChI is InChI=1S/C18H35N3O2/c1-15-7-3-4-9-17(15)23-12-10-19-18(22)20-13-16-8-5-6-11-21(2)14-16/h15-17H,3-14H2,1-2H3,(H2,19,20,22). The van der Waals surface area contributed by atoms with E-state index in [9.17, 15) is 4.79 Å². The van der Waals surface area contributed by atoms with Crippen LogP contribution in [0.4, 0.5) is 4.79 Å². The van der Waals surface area contributed by atoms with Gasteiger partial charge in [0.25, 0.3) is 0 Å². The largest absolute Gasteiger partial charge is 0.376 e. The Morgan fingerprint density at radius 3 is 2.74 bits per heavy atom. The van der Waals surface area contributed by atoms with Crippen molar-refractivity contribution in [3.63, 3.8) is 0 Å². The van der Waals surface area contributed by atoms with Crippen molar-refractivity contribution in [1.82, 2.24) is 15.5 Å². The van der Waals surface area contributed by atoms with Gasteiger partial charge in [0.05, 0.1) is 12.7 Å². The lowest BCUT2D eigenvalue weighted by molar-refractivity contribution is -0.00243. The van der Waals surface area contributed by atoms with Gasteiger partial charge in [0, 0.05) is 19.6 Å². The lowest BCUT2D eigenvalue weighted by Gasteiger charge is -2.28. The molecule has 0 aromatic rings. The van der Waals surface area contributed by atoms with Crippen LogP contribution in [-0.4, -0.2) is 56.9 Å². The summed E-state index contributed by atoms with van der Waals surface area (Å²) >= 11 is 0. The van der Waals surface area contributed by atoms with Gasteiger partial charge < -0.3 is 20.3 Å². The predicted molar refractivity (Wildman–Crippen MR) is 93.6 cm³/mol. The molecular formula is C18H35N3O2.